The van der Waals surface area contributed by atoms with Gasteiger partial charge < -0.3 is 20.9 Å². The standard InChI is InChI=1S/C6H12N2O2.2ClH/c7-3-1-9-6-4(8)2-10-5(3)6;;/h3-6H,1-2,7-8H2;2*1H/t3-,4+,5-,6-;;/m1../s1. The van der Waals surface area contributed by atoms with Crippen LogP contribution in [0, 0.1) is 0 Å². The Morgan fingerprint density at radius 1 is 0.833 bits per heavy atom. The summed E-state index contributed by atoms with van der Waals surface area (Å²) in [5, 5.41) is 0. The van der Waals surface area contributed by atoms with Crippen molar-refractivity contribution in [3.63, 3.8) is 0 Å². The molecule has 0 unspecified atom stereocenters. The maximum atomic E-state index is 5.68. The Balaban J connectivity index is 0.000000605. The van der Waals surface area contributed by atoms with Gasteiger partial charge in [-0.3, -0.25) is 0 Å². The Hall–Kier alpha value is 0.420. The van der Waals surface area contributed by atoms with Crippen molar-refractivity contribution in [3.05, 3.63) is 0 Å². The van der Waals surface area contributed by atoms with Crippen molar-refractivity contribution < 1.29 is 9.47 Å². The van der Waals surface area contributed by atoms with Crippen molar-refractivity contribution in [2.45, 2.75) is 24.3 Å². The second kappa shape index (κ2) is 4.60. The molecule has 0 radical (unpaired) electrons. The summed E-state index contributed by atoms with van der Waals surface area (Å²) >= 11 is 0. The first kappa shape index (κ1) is 12.4. The van der Waals surface area contributed by atoms with Crippen LogP contribution in [0.1, 0.15) is 0 Å². The third kappa shape index (κ3) is 1.84. The van der Waals surface area contributed by atoms with Crippen molar-refractivity contribution >= 4 is 24.8 Å². The number of hydrogen-bond acceptors (Lipinski definition) is 4. The number of fused-ring (bicyclic) bond motifs is 1. The first-order chi connectivity index (χ1) is 4.79. The van der Waals surface area contributed by atoms with E-state index < -0.39 is 0 Å². The number of nitrogens with two attached hydrogens (primary N) is 2. The summed E-state index contributed by atoms with van der Waals surface area (Å²) in [4.78, 5) is 0. The van der Waals surface area contributed by atoms with Crippen LogP contribution in [0.3, 0.4) is 0 Å². The highest BCUT2D eigenvalue weighted by molar-refractivity contribution is 5.85. The number of halogens is 2. The lowest BCUT2D eigenvalue weighted by atomic mass is 10.1. The van der Waals surface area contributed by atoms with E-state index in [9.17, 15) is 0 Å². The lowest BCUT2D eigenvalue weighted by Gasteiger charge is -2.10. The van der Waals surface area contributed by atoms with Gasteiger partial charge in [0.05, 0.1) is 25.3 Å². The van der Waals surface area contributed by atoms with E-state index in [0.29, 0.717) is 13.2 Å². The van der Waals surface area contributed by atoms with Gasteiger partial charge in [-0.1, -0.05) is 0 Å². The van der Waals surface area contributed by atoms with Gasteiger partial charge in [-0.2, -0.15) is 0 Å². The maximum absolute atomic E-state index is 5.68. The minimum Gasteiger partial charge on any atom is -0.372 e. The minimum atomic E-state index is 0. The molecule has 2 aliphatic heterocycles. The predicted molar refractivity (Wildman–Crippen MR) is 49.9 cm³/mol. The highest BCUT2D eigenvalue weighted by Crippen LogP contribution is 2.24. The second-order valence-corrected chi connectivity index (χ2v) is 2.92. The first-order valence-corrected chi connectivity index (χ1v) is 3.53. The fourth-order valence-corrected chi connectivity index (χ4v) is 1.56. The normalized spacial score (nSPS) is 44.5. The molecule has 0 aromatic carbocycles. The monoisotopic (exact) mass is 216 g/mol. The lowest BCUT2D eigenvalue weighted by Crippen LogP contribution is -2.39. The summed E-state index contributed by atoms with van der Waals surface area (Å²) in [6.07, 6.45) is 0.102. The van der Waals surface area contributed by atoms with E-state index in [1.54, 1.807) is 0 Å². The topological polar surface area (TPSA) is 70.5 Å². The largest absolute Gasteiger partial charge is 0.372 e. The van der Waals surface area contributed by atoms with Crippen molar-refractivity contribution in [1.82, 2.24) is 0 Å². The summed E-state index contributed by atoms with van der Waals surface area (Å²) in [6.45, 7) is 1.17. The van der Waals surface area contributed by atoms with Crippen molar-refractivity contribution in [2.24, 2.45) is 11.5 Å². The number of rotatable bonds is 0. The Morgan fingerprint density at radius 2 is 1.17 bits per heavy atom. The summed E-state index contributed by atoms with van der Waals surface area (Å²) < 4.78 is 10.7. The zero-order valence-electron chi connectivity index (χ0n) is 6.51. The van der Waals surface area contributed by atoms with E-state index in [1.165, 1.54) is 0 Å². The number of ether oxygens (including phenoxy) is 2. The average molecular weight is 217 g/mol. The average Bonchev–Trinajstić information content (AvgIpc) is 2.41. The Bertz CT molecular complexity index is 134. The van der Waals surface area contributed by atoms with Crippen LogP contribution in [-0.4, -0.2) is 37.5 Å². The third-order valence-corrected chi connectivity index (χ3v) is 2.13. The summed E-state index contributed by atoms with van der Waals surface area (Å²) in [5.74, 6) is 0. The molecule has 2 aliphatic rings. The quantitative estimate of drug-likeness (QED) is 0.561. The van der Waals surface area contributed by atoms with Crippen LogP contribution in [0.5, 0.6) is 0 Å². The summed E-state index contributed by atoms with van der Waals surface area (Å²) in [5.41, 5.74) is 11.4. The molecule has 2 heterocycles. The molecule has 2 fully saturated rings. The van der Waals surface area contributed by atoms with Gasteiger partial charge in [0.15, 0.2) is 0 Å². The van der Waals surface area contributed by atoms with Crippen LogP contribution >= 0.6 is 24.8 Å². The zero-order chi connectivity index (χ0) is 7.14. The molecular weight excluding hydrogens is 203 g/mol. The lowest BCUT2D eigenvalue weighted by molar-refractivity contribution is 0.0691. The Labute approximate surface area is 83.8 Å². The van der Waals surface area contributed by atoms with E-state index in [2.05, 4.69) is 0 Å². The molecule has 4 N–H and O–H groups in total. The summed E-state index contributed by atoms with van der Waals surface area (Å²) in [6, 6.07) is 0.0529. The molecule has 4 nitrogen and oxygen atoms in total. The second-order valence-electron chi connectivity index (χ2n) is 2.92. The van der Waals surface area contributed by atoms with Gasteiger partial charge in [0.25, 0.3) is 0 Å². The van der Waals surface area contributed by atoms with Crippen molar-refractivity contribution in [3.8, 4) is 0 Å². The van der Waals surface area contributed by atoms with E-state index in [1.807, 2.05) is 0 Å². The number of hydrogen-bond donors (Lipinski definition) is 2. The molecule has 2 saturated heterocycles. The molecule has 0 saturated carbocycles. The first-order valence-electron chi connectivity index (χ1n) is 3.53. The molecule has 0 bridgehead atoms. The van der Waals surface area contributed by atoms with Gasteiger partial charge in [-0.05, 0) is 0 Å². The van der Waals surface area contributed by atoms with Gasteiger partial charge in [0.1, 0.15) is 12.2 Å². The van der Waals surface area contributed by atoms with Crippen molar-refractivity contribution in [1.29, 1.82) is 0 Å². The maximum Gasteiger partial charge on any atom is 0.103 e. The van der Waals surface area contributed by atoms with Crippen LogP contribution in [0.15, 0.2) is 0 Å². The smallest absolute Gasteiger partial charge is 0.103 e. The molecule has 0 aliphatic carbocycles. The molecule has 0 amide bonds. The Morgan fingerprint density at radius 3 is 1.50 bits per heavy atom. The van der Waals surface area contributed by atoms with Crippen LogP contribution in [0.2, 0.25) is 0 Å². The highest BCUT2D eigenvalue weighted by Gasteiger charge is 2.44. The SMILES string of the molecule is Cl.Cl.N[C@@H]1CO[C@H]2[C@@H]1OC[C@@H]2N. The van der Waals surface area contributed by atoms with E-state index in [4.69, 9.17) is 20.9 Å². The zero-order valence-corrected chi connectivity index (χ0v) is 8.14. The molecule has 0 aromatic heterocycles. The predicted octanol–water partition coefficient (Wildman–Crippen LogP) is -0.718. The van der Waals surface area contributed by atoms with Crippen molar-refractivity contribution in [2.75, 3.05) is 13.2 Å². The van der Waals surface area contributed by atoms with E-state index in [-0.39, 0.29) is 49.1 Å². The molecule has 74 valence electrons. The third-order valence-electron chi connectivity index (χ3n) is 2.13. The highest BCUT2D eigenvalue weighted by atomic mass is 35.5. The molecular formula is C6H14Cl2N2O2. The van der Waals surface area contributed by atoms with Gasteiger partial charge >= 0.3 is 0 Å². The fourth-order valence-electron chi connectivity index (χ4n) is 1.56. The molecule has 2 rings (SSSR count). The van der Waals surface area contributed by atoms with Crippen LogP contribution in [0.25, 0.3) is 0 Å². The van der Waals surface area contributed by atoms with Gasteiger partial charge in [0.2, 0.25) is 0 Å². The van der Waals surface area contributed by atoms with Gasteiger partial charge in [0, 0.05) is 0 Å². The summed E-state index contributed by atoms with van der Waals surface area (Å²) in [7, 11) is 0. The van der Waals surface area contributed by atoms with E-state index in [0.717, 1.165) is 0 Å². The molecule has 6 heteroatoms. The minimum absolute atomic E-state index is 0. The molecule has 12 heavy (non-hydrogen) atoms. The fraction of sp³-hybridized carbons (Fsp3) is 1.00. The Kier molecular flexibility index (Phi) is 4.76. The van der Waals surface area contributed by atoms with Gasteiger partial charge in [-0.25, -0.2) is 0 Å². The van der Waals surface area contributed by atoms with Crippen LogP contribution in [0.4, 0.5) is 0 Å². The van der Waals surface area contributed by atoms with Crippen LogP contribution < -0.4 is 11.5 Å². The van der Waals surface area contributed by atoms with Gasteiger partial charge in [-0.15, -0.1) is 24.8 Å². The molecule has 4 atom stereocenters. The van der Waals surface area contributed by atoms with E-state index >= 15 is 0 Å². The molecule has 0 spiro atoms. The van der Waals surface area contributed by atoms with Crippen LogP contribution in [-0.2, 0) is 9.47 Å². The molecule has 0 aromatic rings.